The van der Waals surface area contributed by atoms with Gasteiger partial charge in [-0.25, -0.2) is 0 Å². The molecule has 0 unspecified atom stereocenters. The average Bonchev–Trinajstić information content (AvgIpc) is 3.26. The quantitative estimate of drug-likeness (QED) is 0.144. The molecule has 2 nitrogen and oxygen atoms in total. The summed E-state index contributed by atoms with van der Waals surface area (Å²) in [7, 11) is 0. The van der Waals surface area contributed by atoms with Gasteiger partial charge in [-0.1, -0.05) is 170 Å². The molecular formula is C54H40N2. The van der Waals surface area contributed by atoms with Gasteiger partial charge < -0.3 is 9.80 Å². The molecule has 0 saturated heterocycles. The van der Waals surface area contributed by atoms with Crippen LogP contribution in [0.3, 0.4) is 0 Å². The molecule has 0 amide bonds. The van der Waals surface area contributed by atoms with Gasteiger partial charge in [-0.3, -0.25) is 0 Å². The molecule has 0 aliphatic heterocycles. The molecule has 0 atom stereocenters. The Morgan fingerprint density at radius 3 is 1.05 bits per heavy atom. The lowest BCUT2D eigenvalue weighted by Crippen LogP contribution is -2.14. The predicted octanol–water partition coefficient (Wildman–Crippen LogP) is 15.5. The highest BCUT2D eigenvalue weighted by Gasteiger charge is 2.25. The highest BCUT2D eigenvalue weighted by molar-refractivity contribution is 6.28. The molecule has 0 aliphatic carbocycles. The summed E-state index contributed by atoms with van der Waals surface area (Å²) in [5, 5.41) is 7.44. The molecule has 0 fully saturated rings. The molecule has 56 heavy (non-hydrogen) atoms. The maximum Gasteiger partial charge on any atom is 0.0569 e. The van der Waals surface area contributed by atoms with Gasteiger partial charge in [-0.05, 0) is 94.0 Å². The minimum atomic E-state index is 1.12. The fourth-order valence-electron chi connectivity index (χ4n) is 8.70. The summed E-state index contributed by atoms with van der Waals surface area (Å²) >= 11 is 0. The van der Waals surface area contributed by atoms with E-state index in [2.05, 4.69) is 230 Å². The summed E-state index contributed by atoms with van der Waals surface area (Å²) in [6.45, 7) is 4.46. The van der Waals surface area contributed by atoms with Crippen LogP contribution >= 0.6 is 0 Å². The van der Waals surface area contributed by atoms with Crippen molar-refractivity contribution in [3.05, 3.63) is 217 Å². The number of nitrogens with zero attached hydrogens (tertiary/aromatic N) is 2. The number of rotatable bonds is 8. The third kappa shape index (κ3) is 5.58. The molecule has 10 aromatic carbocycles. The molecular weight excluding hydrogens is 677 g/mol. The van der Waals surface area contributed by atoms with Gasteiger partial charge in [0, 0.05) is 33.3 Å². The minimum Gasteiger partial charge on any atom is -0.309 e. The lowest BCUT2D eigenvalue weighted by Gasteiger charge is -2.32. The molecule has 10 rings (SSSR count). The van der Waals surface area contributed by atoms with Crippen LogP contribution in [-0.4, -0.2) is 0 Å². The van der Waals surface area contributed by atoms with E-state index in [9.17, 15) is 0 Å². The lowest BCUT2D eigenvalue weighted by atomic mass is 9.91. The van der Waals surface area contributed by atoms with Crippen LogP contribution in [0.15, 0.2) is 206 Å². The van der Waals surface area contributed by atoms with E-state index < -0.39 is 0 Å². The van der Waals surface area contributed by atoms with Crippen molar-refractivity contribution in [3.63, 3.8) is 0 Å². The molecule has 0 spiro atoms. The molecule has 266 valence electrons. The van der Waals surface area contributed by atoms with Gasteiger partial charge in [0.1, 0.15) is 0 Å². The first kappa shape index (κ1) is 33.4. The third-order valence-electron chi connectivity index (χ3n) is 11.2. The Morgan fingerprint density at radius 1 is 0.304 bits per heavy atom. The van der Waals surface area contributed by atoms with Crippen LogP contribution in [0.25, 0.3) is 54.6 Å². The van der Waals surface area contributed by atoms with Crippen molar-refractivity contribution in [1.29, 1.82) is 0 Å². The second kappa shape index (κ2) is 13.9. The maximum atomic E-state index is 2.47. The number of para-hydroxylation sites is 4. The van der Waals surface area contributed by atoms with Crippen molar-refractivity contribution < 1.29 is 0 Å². The topological polar surface area (TPSA) is 6.48 Å². The van der Waals surface area contributed by atoms with E-state index in [4.69, 9.17) is 0 Å². The summed E-state index contributed by atoms with van der Waals surface area (Å²) < 4.78 is 0. The second-order valence-electron chi connectivity index (χ2n) is 14.6. The van der Waals surface area contributed by atoms with E-state index in [0.29, 0.717) is 0 Å². The average molecular weight is 717 g/mol. The molecule has 0 radical (unpaired) electrons. The molecule has 2 heteroatoms. The highest BCUT2D eigenvalue weighted by Crippen LogP contribution is 2.50. The van der Waals surface area contributed by atoms with Gasteiger partial charge in [0.2, 0.25) is 0 Å². The van der Waals surface area contributed by atoms with Gasteiger partial charge in [0.25, 0.3) is 0 Å². The van der Waals surface area contributed by atoms with Crippen molar-refractivity contribution in [2.24, 2.45) is 0 Å². The molecule has 0 aliphatic rings. The smallest absolute Gasteiger partial charge is 0.0569 e. The summed E-state index contributed by atoms with van der Waals surface area (Å²) in [5.74, 6) is 0. The predicted molar refractivity (Wildman–Crippen MR) is 240 cm³/mol. The fourth-order valence-corrected chi connectivity index (χ4v) is 8.70. The van der Waals surface area contributed by atoms with Crippen LogP contribution in [0.1, 0.15) is 11.1 Å². The number of anilines is 6. The molecule has 0 N–H and O–H groups in total. The fraction of sp³-hybridized carbons (Fsp3) is 0.0370. The number of hydrogen-bond donors (Lipinski definition) is 0. The van der Waals surface area contributed by atoms with Gasteiger partial charge in [-0.15, -0.1) is 0 Å². The number of benzene rings is 10. The van der Waals surface area contributed by atoms with Crippen LogP contribution in [0, 0.1) is 13.8 Å². The van der Waals surface area contributed by atoms with Crippen LogP contribution in [-0.2, 0) is 0 Å². The van der Waals surface area contributed by atoms with E-state index in [-0.39, 0.29) is 0 Å². The van der Waals surface area contributed by atoms with E-state index in [1.54, 1.807) is 0 Å². The van der Waals surface area contributed by atoms with Crippen LogP contribution in [0.4, 0.5) is 34.1 Å². The van der Waals surface area contributed by atoms with Crippen LogP contribution < -0.4 is 9.80 Å². The number of hydrogen-bond acceptors (Lipinski definition) is 2. The Kier molecular flexibility index (Phi) is 8.30. The van der Waals surface area contributed by atoms with E-state index in [1.165, 1.54) is 77.1 Å². The summed E-state index contributed by atoms with van der Waals surface area (Å²) in [6.07, 6.45) is 0. The Bertz CT molecular complexity index is 2770. The van der Waals surface area contributed by atoms with Gasteiger partial charge in [-0.2, -0.15) is 0 Å². The number of aryl methyl sites for hydroxylation is 2. The summed E-state index contributed by atoms with van der Waals surface area (Å²) in [5.41, 5.74) is 14.2. The lowest BCUT2D eigenvalue weighted by molar-refractivity contribution is 1.26. The first-order chi connectivity index (χ1) is 27.7. The summed E-state index contributed by atoms with van der Waals surface area (Å²) in [6, 6.07) is 75.0. The zero-order valence-electron chi connectivity index (χ0n) is 31.5. The van der Waals surface area contributed by atoms with Crippen LogP contribution in [0.5, 0.6) is 0 Å². The molecule has 0 aromatic heterocycles. The Balaban J connectivity index is 1.26. The Morgan fingerprint density at radius 2 is 0.661 bits per heavy atom. The molecule has 0 saturated carbocycles. The SMILES string of the molecule is Cc1cccc(-c2ccccc2)c1N(c1ccccc1)c1ccc2ccc3c(N(c4ccccc4)c4c(C)cccc4-c4ccccc4)ccc4ccc1c2c43. The van der Waals surface area contributed by atoms with E-state index in [1.807, 2.05) is 0 Å². The van der Waals surface area contributed by atoms with Crippen molar-refractivity contribution in [1.82, 2.24) is 0 Å². The molecule has 10 aromatic rings. The van der Waals surface area contributed by atoms with Crippen molar-refractivity contribution in [2.75, 3.05) is 9.80 Å². The largest absolute Gasteiger partial charge is 0.309 e. The maximum absolute atomic E-state index is 2.47. The first-order valence-corrected chi connectivity index (χ1v) is 19.4. The van der Waals surface area contributed by atoms with Crippen molar-refractivity contribution >= 4 is 66.4 Å². The Hall–Kier alpha value is -7.16. The van der Waals surface area contributed by atoms with Crippen molar-refractivity contribution in [2.45, 2.75) is 13.8 Å². The van der Waals surface area contributed by atoms with Crippen LogP contribution in [0.2, 0.25) is 0 Å². The van der Waals surface area contributed by atoms with Gasteiger partial charge in [0.15, 0.2) is 0 Å². The molecule has 0 bridgehead atoms. The highest BCUT2D eigenvalue weighted by atomic mass is 15.2. The molecule has 0 heterocycles. The van der Waals surface area contributed by atoms with Crippen molar-refractivity contribution in [3.8, 4) is 22.3 Å². The standard InChI is InChI=1S/C54H40N2/c1-37-17-15-27-45(39-19-7-3-8-20-39)53(37)55(43-23-11-5-12-24-43)49-35-31-41-30-34-48-50(36-32-42-29-33-47(49)51(41)52(42)48)56(44-25-13-6-14-26-44)54-38(2)18-16-28-46(54)40-21-9-4-10-22-40/h3-36H,1-2H3. The normalized spacial score (nSPS) is 11.4. The first-order valence-electron chi connectivity index (χ1n) is 19.4. The van der Waals surface area contributed by atoms with E-state index in [0.717, 1.165) is 22.7 Å². The minimum absolute atomic E-state index is 1.12. The monoisotopic (exact) mass is 716 g/mol. The Labute approximate surface area is 328 Å². The van der Waals surface area contributed by atoms with Gasteiger partial charge >= 0.3 is 0 Å². The third-order valence-corrected chi connectivity index (χ3v) is 11.2. The van der Waals surface area contributed by atoms with Gasteiger partial charge in [0.05, 0.1) is 22.7 Å². The van der Waals surface area contributed by atoms with E-state index >= 15 is 0 Å². The zero-order valence-corrected chi connectivity index (χ0v) is 31.5. The zero-order chi connectivity index (χ0) is 37.6. The second-order valence-corrected chi connectivity index (χ2v) is 14.6. The summed E-state index contributed by atoms with van der Waals surface area (Å²) in [4.78, 5) is 4.94.